The molecule has 0 atom stereocenters. The molecule has 0 fully saturated rings. The fourth-order valence-electron chi connectivity index (χ4n) is 1.36. The summed E-state index contributed by atoms with van der Waals surface area (Å²) in [7, 11) is 0. The Morgan fingerprint density at radius 3 is 2.82 bits per heavy atom. The molecule has 0 bridgehead atoms. The minimum atomic E-state index is -0.487. The summed E-state index contributed by atoms with van der Waals surface area (Å²) >= 11 is 0. The van der Waals surface area contributed by atoms with Crippen LogP contribution in [0.25, 0.3) is 0 Å². The van der Waals surface area contributed by atoms with Gasteiger partial charge in [0.15, 0.2) is 0 Å². The van der Waals surface area contributed by atoms with E-state index in [1.54, 1.807) is 11.6 Å². The molecule has 0 saturated carbocycles. The minimum Gasteiger partial charge on any atom is -0.358 e. The number of nitrogens with zero attached hydrogens (tertiary/aromatic N) is 3. The predicted octanol–water partition coefficient (Wildman–Crippen LogP) is 1.65. The molecule has 1 aromatic heterocycles. The number of rotatable bonds is 6. The lowest BCUT2D eigenvalue weighted by atomic mass is 10.2. The third-order valence-corrected chi connectivity index (χ3v) is 2.29. The molecule has 17 heavy (non-hydrogen) atoms. The van der Waals surface area contributed by atoms with Crippen LogP contribution in [0.2, 0.25) is 0 Å². The SMILES string of the molecule is C=C(CNC(C)C)Cn1nc([N+](=O)[O-])cc1C. The molecule has 1 N–H and O–H groups in total. The van der Waals surface area contributed by atoms with Crippen LogP contribution in [0, 0.1) is 17.0 Å². The summed E-state index contributed by atoms with van der Waals surface area (Å²) in [6.07, 6.45) is 0. The summed E-state index contributed by atoms with van der Waals surface area (Å²) in [4.78, 5) is 10.1. The van der Waals surface area contributed by atoms with Crippen LogP contribution >= 0.6 is 0 Å². The first kappa shape index (κ1) is 13.4. The van der Waals surface area contributed by atoms with Gasteiger partial charge in [-0.1, -0.05) is 20.4 Å². The number of nitro groups is 1. The van der Waals surface area contributed by atoms with Crippen molar-refractivity contribution in [2.75, 3.05) is 6.54 Å². The third kappa shape index (κ3) is 3.99. The van der Waals surface area contributed by atoms with Crippen LogP contribution in [0.4, 0.5) is 5.82 Å². The fraction of sp³-hybridized carbons (Fsp3) is 0.545. The zero-order chi connectivity index (χ0) is 13.0. The Balaban J connectivity index is 2.62. The van der Waals surface area contributed by atoms with Gasteiger partial charge in [-0.15, -0.1) is 0 Å². The Bertz CT molecular complexity index is 423. The van der Waals surface area contributed by atoms with E-state index in [1.807, 2.05) is 0 Å². The van der Waals surface area contributed by atoms with E-state index in [9.17, 15) is 10.1 Å². The molecule has 0 aliphatic heterocycles. The smallest absolute Gasteiger partial charge is 0.358 e. The quantitative estimate of drug-likeness (QED) is 0.464. The number of nitrogens with one attached hydrogen (secondary N) is 1. The van der Waals surface area contributed by atoms with Crippen molar-refractivity contribution in [1.82, 2.24) is 15.1 Å². The van der Waals surface area contributed by atoms with Gasteiger partial charge in [0.25, 0.3) is 0 Å². The van der Waals surface area contributed by atoms with Crippen LogP contribution < -0.4 is 5.32 Å². The van der Waals surface area contributed by atoms with Crippen LogP contribution in [0.3, 0.4) is 0 Å². The lowest BCUT2D eigenvalue weighted by Crippen LogP contribution is -2.26. The molecule has 1 heterocycles. The van der Waals surface area contributed by atoms with E-state index in [4.69, 9.17) is 0 Å². The van der Waals surface area contributed by atoms with Crippen molar-refractivity contribution < 1.29 is 4.92 Å². The van der Waals surface area contributed by atoms with Gasteiger partial charge in [0, 0.05) is 12.6 Å². The summed E-state index contributed by atoms with van der Waals surface area (Å²) in [5.74, 6) is -0.118. The first-order chi connectivity index (χ1) is 7.90. The summed E-state index contributed by atoms with van der Waals surface area (Å²) in [5, 5.41) is 17.7. The van der Waals surface area contributed by atoms with E-state index >= 15 is 0 Å². The van der Waals surface area contributed by atoms with Gasteiger partial charge in [-0.2, -0.15) is 4.68 Å². The number of hydrogen-bond acceptors (Lipinski definition) is 4. The van der Waals surface area contributed by atoms with Gasteiger partial charge in [0.2, 0.25) is 0 Å². The summed E-state index contributed by atoms with van der Waals surface area (Å²) in [6, 6.07) is 1.85. The maximum Gasteiger partial charge on any atom is 0.390 e. The van der Waals surface area contributed by atoms with Gasteiger partial charge in [-0.25, -0.2) is 0 Å². The van der Waals surface area contributed by atoms with Gasteiger partial charge < -0.3 is 15.4 Å². The molecule has 0 saturated heterocycles. The molecular weight excluding hydrogens is 220 g/mol. The summed E-state index contributed by atoms with van der Waals surface area (Å²) in [6.45, 7) is 11.0. The molecule has 1 aromatic rings. The highest BCUT2D eigenvalue weighted by atomic mass is 16.6. The number of hydrogen-bond donors (Lipinski definition) is 1. The highest BCUT2D eigenvalue weighted by molar-refractivity contribution is 5.21. The lowest BCUT2D eigenvalue weighted by Gasteiger charge is -2.09. The molecular formula is C11H18N4O2. The first-order valence-electron chi connectivity index (χ1n) is 5.49. The average Bonchev–Trinajstić information content (AvgIpc) is 2.58. The second-order valence-corrected chi connectivity index (χ2v) is 4.34. The van der Waals surface area contributed by atoms with Crippen LogP contribution in [0.5, 0.6) is 0 Å². The lowest BCUT2D eigenvalue weighted by molar-refractivity contribution is -0.389. The Morgan fingerprint density at radius 2 is 2.35 bits per heavy atom. The fourth-order valence-corrected chi connectivity index (χ4v) is 1.36. The Hall–Kier alpha value is -1.69. The summed E-state index contributed by atoms with van der Waals surface area (Å²) in [5.41, 5.74) is 1.71. The number of aromatic nitrogens is 2. The van der Waals surface area contributed by atoms with Crippen LogP contribution in [0.1, 0.15) is 19.5 Å². The first-order valence-corrected chi connectivity index (χ1v) is 5.49. The standard InChI is InChI=1S/C11H18N4O2/c1-8(2)12-6-9(3)7-14-10(4)5-11(13-14)15(16)17/h5,8,12H,3,6-7H2,1-2,4H3. The van der Waals surface area contributed by atoms with E-state index in [1.165, 1.54) is 6.07 Å². The van der Waals surface area contributed by atoms with E-state index in [-0.39, 0.29) is 5.82 Å². The van der Waals surface area contributed by atoms with E-state index < -0.39 is 4.92 Å². The normalized spacial score (nSPS) is 10.8. The molecule has 0 aromatic carbocycles. The zero-order valence-corrected chi connectivity index (χ0v) is 10.4. The summed E-state index contributed by atoms with van der Waals surface area (Å²) < 4.78 is 1.60. The topological polar surface area (TPSA) is 73.0 Å². The third-order valence-electron chi connectivity index (χ3n) is 2.29. The monoisotopic (exact) mass is 238 g/mol. The molecule has 6 heteroatoms. The Morgan fingerprint density at radius 1 is 1.71 bits per heavy atom. The zero-order valence-electron chi connectivity index (χ0n) is 10.4. The van der Waals surface area contributed by atoms with Gasteiger partial charge >= 0.3 is 5.82 Å². The largest absolute Gasteiger partial charge is 0.390 e. The van der Waals surface area contributed by atoms with Crippen molar-refractivity contribution in [3.05, 3.63) is 34.0 Å². The highest BCUT2D eigenvalue weighted by Crippen LogP contribution is 2.11. The maximum atomic E-state index is 10.6. The van der Waals surface area contributed by atoms with Crippen molar-refractivity contribution in [2.45, 2.75) is 33.4 Å². The molecule has 0 aliphatic rings. The van der Waals surface area contributed by atoms with Crippen LogP contribution in [-0.2, 0) is 6.54 Å². The molecule has 0 spiro atoms. The van der Waals surface area contributed by atoms with Gasteiger partial charge in [0.1, 0.15) is 0 Å². The average molecular weight is 238 g/mol. The van der Waals surface area contributed by atoms with Gasteiger partial charge in [-0.3, -0.25) is 0 Å². The Kier molecular flexibility index (Phi) is 4.39. The number of aryl methyl sites for hydroxylation is 1. The van der Waals surface area contributed by atoms with E-state index in [0.29, 0.717) is 19.1 Å². The predicted molar refractivity (Wildman–Crippen MR) is 65.9 cm³/mol. The molecule has 6 nitrogen and oxygen atoms in total. The van der Waals surface area contributed by atoms with Crippen molar-refractivity contribution in [1.29, 1.82) is 0 Å². The Labute approximate surface area is 100 Å². The van der Waals surface area contributed by atoms with E-state index in [2.05, 4.69) is 30.8 Å². The maximum absolute atomic E-state index is 10.6. The van der Waals surface area contributed by atoms with E-state index in [0.717, 1.165) is 11.3 Å². The molecule has 0 unspecified atom stereocenters. The minimum absolute atomic E-state index is 0.118. The second-order valence-electron chi connectivity index (χ2n) is 4.34. The van der Waals surface area contributed by atoms with Crippen LogP contribution in [0.15, 0.2) is 18.2 Å². The van der Waals surface area contributed by atoms with Gasteiger partial charge in [0.05, 0.1) is 23.4 Å². The van der Waals surface area contributed by atoms with Crippen molar-refractivity contribution in [3.63, 3.8) is 0 Å². The second kappa shape index (κ2) is 5.58. The molecule has 0 aliphatic carbocycles. The molecule has 0 radical (unpaired) electrons. The van der Waals surface area contributed by atoms with Crippen molar-refractivity contribution in [3.8, 4) is 0 Å². The molecule has 0 amide bonds. The van der Waals surface area contributed by atoms with Crippen molar-refractivity contribution in [2.24, 2.45) is 0 Å². The van der Waals surface area contributed by atoms with Crippen LogP contribution in [-0.4, -0.2) is 27.3 Å². The van der Waals surface area contributed by atoms with Gasteiger partial charge in [-0.05, 0) is 17.4 Å². The molecule has 1 rings (SSSR count). The highest BCUT2D eigenvalue weighted by Gasteiger charge is 2.15. The molecule has 94 valence electrons. The van der Waals surface area contributed by atoms with Crippen molar-refractivity contribution >= 4 is 5.82 Å².